The minimum Gasteiger partial charge on any atom is -0.369 e. The lowest BCUT2D eigenvalue weighted by atomic mass is 9.99. The van der Waals surface area contributed by atoms with E-state index >= 15 is 0 Å². The van der Waals surface area contributed by atoms with Crippen molar-refractivity contribution >= 4 is 21.4 Å². The average molecular weight is 296 g/mol. The fourth-order valence-electron chi connectivity index (χ4n) is 2.74. The van der Waals surface area contributed by atoms with Crippen molar-refractivity contribution in [1.82, 2.24) is 0 Å². The smallest absolute Gasteiger partial charge is 0.232 e. The SMILES string of the molecule is CCC1CCCCN1c1ccc(NS(=O)(=O)CC)cc1. The molecule has 1 aromatic carbocycles. The molecule has 2 rings (SSSR count). The van der Waals surface area contributed by atoms with E-state index in [0.717, 1.165) is 13.0 Å². The zero-order chi connectivity index (χ0) is 14.6. The van der Waals surface area contributed by atoms with Gasteiger partial charge in [-0.05, 0) is 56.9 Å². The molecule has 1 fully saturated rings. The lowest BCUT2D eigenvalue weighted by Gasteiger charge is -2.37. The first-order valence-corrected chi connectivity index (χ1v) is 9.08. The van der Waals surface area contributed by atoms with E-state index in [2.05, 4.69) is 16.5 Å². The van der Waals surface area contributed by atoms with Gasteiger partial charge in [0, 0.05) is 24.0 Å². The molecule has 1 aromatic rings. The lowest BCUT2D eigenvalue weighted by molar-refractivity contribution is 0.450. The van der Waals surface area contributed by atoms with E-state index in [9.17, 15) is 8.42 Å². The van der Waals surface area contributed by atoms with E-state index in [-0.39, 0.29) is 5.75 Å². The van der Waals surface area contributed by atoms with Crippen molar-refractivity contribution in [2.45, 2.75) is 45.6 Å². The van der Waals surface area contributed by atoms with E-state index in [0.29, 0.717) is 11.7 Å². The van der Waals surface area contributed by atoms with Gasteiger partial charge in [-0.25, -0.2) is 8.42 Å². The van der Waals surface area contributed by atoms with Gasteiger partial charge in [-0.2, -0.15) is 0 Å². The Hall–Kier alpha value is -1.23. The van der Waals surface area contributed by atoms with Gasteiger partial charge < -0.3 is 4.90 Å². The van der Waals surface area contributed by atoms with Crippen LogP contribution in [0.3, 0.4) is 0 Å². The molecule has 1 unspecified atom stereocenters. The third-order valence-electron chi connectivity index (χ3n) is 3.95. The molecular formula is C15H24N2O2S. The van der Waals surface area contributed by atoms with Crippen molar-refractivity contribution in [1.29, 1.82) is 0 Å². The molecule has 0 saturated carbocycles. The first-order valence-electron chi connectivity index (χ1n) is 7.43. The molecule has 1 heterocycles. The zero-order valence-corrected chi connectivity index (χ0v) is 13.1. The third-order valence-corrected chi connectivity index (χ3v) is 5.26. The topological polar surface area (TPSA) is 49.4 Å². The summed E-state index contributed by atoms with van der Waals surface area (Å²) >= 11 is 0. The van der Waals surface area contributed by atoms with Crippen LogP contribution in [0.1, 0.15) is 39.5 Å². The second kappa shape index (κ2) is 6.48. The number of piperidine rings is 1. The number of nitrogens with zero attached hydrogens (tertiary/aromatic N) is 1. The fourth-order valence-corrected chi connectivity index (χ4v) is 3.38. The highest BCUT2D eigenvalue weighted by atomic mass is 32.2. The van der Waals surface area contributed by atoms with Crippen molar-refractivity contribution in [2.24, 2.45) is 0 Å². The number of hydrogen-bond acceptors (Lipinski definition) is 3. The van der Waals surface area contributed by atoms with Gasteiger partial charge in [-0.1, -0.05) is 6.92 Å². The van der Waals surface area contributed by atoms with Gasteiger partial charge >= 0.3 is 0 Å². The molecule has 1 N–H and O–H groups in total. The van der Waals surface area contributed by atoms with Crippen LogP contribution in [-0.2, 0) is 10.0 Å². The number of anilines is 2. The molecule has 1 saturated heterocycles. The Morgan fingerprint density at radius 1 is 1.20 bits per heavy atom. The summed E-state index contributed by atoms with van der Waals surface area (Å²) in [6, 6.07) is 8.35. The fraction of sp³-hybridized carbons (Fsp3) is 0.600. The molecule has 0 bridgehead atoms. The van der Waals surface area contributed by atoms with Crippen LogP contribution < -0.4 is 9.62 Å². The molecule has 0 aromatic heterocycles. The van der Waals surface area contributed by atoms with Crippen molar-refractivity contribution in [3.05, 3.63) is 24.3 Å². The van der Waals surface area contributed by atoms with Gasteiger partial charge in [0.1, 0.15) is 0 Å². The molecule has 0 amide bonds. The molecule has 20 heavy (non-hydrogen) atoms. The summed E-state index contributed by atoms with van der Waals surface area (Å²) in [5.41, 5.74) is 1.83. The van der Waals surface area contributed by atoms with E-state index in [1.807, 2.05) is 24.3 Å². The summed E-state index contributed by atoms with van der Waals surface area (Å²) < 4.78 is 25.6. The van der Waals surface area contributed by atoms with Gasteiger partial charge in [0.25, 0.3) is 0 Å². The third kappa shape index (κ3) is 3.66. The van der Waals surface area contributed by atoms with Crippen LogP contribution in [-0.4, -0.2) is 26.8 Å². The van der Waals surface area contributed by atoms with Crippen molar-refractivity contribution < 1.29 is 8.42 Å². The Bertz CT molecular complexity index is 525. The van der Waals surface area contributed by atoms with Crippen LogP contribution in [0.15, 0.2) is 24.3 Å². The summed E-state index contributed by atoms with van der Waals surface area (Å²) in [4.78, 5) is 2.45. The molecule has 4 nitrogen and oxygen atoms in total. The van der Waals surface area contributed by atoms with Gasteiger partial charge in [-0.15, -0.1) is 0 Å². The van der Waals surface area contributed by atoms with Crippen molar-refractivity contribution in [2.75, 3.05) is 21.9 Å². The first-order chi connectivity index (χ1) is 9.55. The summed E-state index contributed by atoms with van der Waals surface area (Å²) in [7, 11) is -3.19. The number of rotatable bonds is 5. The van der Waals surface area contributed by atoms with Crippen molar-refractivity contribution in [3.8, 4) is 0 Å². The first kappa shape index (κ1) is 15.2. The van der Waals surface area contributed by atoms with E-state index in [1.54, 1.807) is 6.92 Å². The van der Waals surface area contributed by atoms with Gasteiger partial charge in [-0.3, -0.25) is 4.72 Å². The summed E-state index contributed by atoms with van der Waals surface area (Å²) in [5.74, 6) is 0.0960. The van der Waals surface area contributed by atoms with Gasteiger partial charge in [0.2, 0.25) is 10.0 Å². The van der Waals surface area contributed by atoms with Crippen LogP contribution in [0.5, 0.6) is 0 Å². The highest BCUT2D eigenvalue weighted by Gasteiger charge is 2.20. The Morgan fingerprint density at radius 2 is 1.90 bits per heavy atom. The lowest BCUT2D eigenvalue weighted by Crippen LogP contribution is -2.39. The van der Waals surface area contributed by atoms with Crippen LogP contribution in [0.2, 0.25) is 0 Å². The molecule has 0 spiro atoms. The quantitative estimate of drug-likeness (QED) is 0.907. The maximum Gasteiger partial charge on any atom is 0.232 e. The Labute approximate surface area is 122 Å². The van der Waals surface area contributed by atoms with Gasteiger partial charge in [0.15, 0.2) is 0 Å². The van der Waals surface area contributed by atoms with E-state index in [1.165, 1.54) is 24.9 Å². The Morgan fingerprint density at radius 3 is 2.50 bits per heavy atom. The summed E-state index contributed by atoms with van der Waals surface area (Å²) in [6.45, 7) is 4.96. The molecule has 1 aliphatic heterocycles. The number of nitrogens with one attached hydrogen (secondary N) is 1. The summed E-state index contributed by atoms with van der Waals surface area (Å²) in [5, 5.41) is 0. The number of sulfonamides is 1. The van der Waals surface area contributed by atoms with Crippen LogP contribution in [0.25, 0.3) is 0 Å². The summed E-state index contributed by atoms with van der Waals surface area (Å²) in [6.07, 6.45) is 4.95. The standard InChI is InChI=1S/C15H24N2O2S/c1-3-14-7-5-6-12-17(14)15-10-8-13(9-11-15)16-20(18,19)4-2/h8-11,14,16H,3-7,12H2,1-2H3. The monoisotopic (exact) mass is 296 g/mol. The minimum atomic E-state index is -3.19. The highest BCUT2D eigenvalue weighted by molar-refractivity contribution is 7.92. The molecule has 5 heteroatoms. The zero-order valence-electron chi connectivity index (χ0n) is 12.3. The normalized spacial score (nSPS) is 19.9. The molecule has 112 valence electrons. The van der Waals surface area contributed by atoms with Crippen LogP contribution >= 0.6 is 0 Å². The second-order valence-electron chi connectivity index (χ2n) is 5.30. The predicted octanol–water partition coefficient (Wildman–Crippen LogP) is 3.22. The number of benzene rings is 1. The Kier molecular flexibility index (Phi) is 4.91. The van der Waals surface area contributed by atoms with Crippen LogP contribution in [0, 0.1) is 0 Å². The highest BCUT2D eigenvalue weighted by Crippen LogP contribution is 2.27. The average Bonchev–Trinajstić information content (AvgIpc) is 2.48. The molecule has 1 atom stereocenters. The largest absolute Gasteiger partial charge is 0.369 e. The Balaban J connectivity index is 2.11. The predicted molar refractivity (Wildman–Crippen MR) is 84.8 cm³/mol. The molecule has 0 aliphatic carbocycles. The molecule has 0 radical (unpaired) electrons. The molecule has 1 aliphatic rings. The van der Waals surface area contributed by atoms with E-state index in [4.69, 9.17) is 0 Å². The van der Waals surface area contributed by atoms with Crippen molar-refractivity contribution in [3.63, 3.8) is 0 Å². The minimum absolute atomic E-state index is 0.0960. The van der Waals surface area contributed by atoms with Gasteiger partial charge in [0.05, 0.1) is 5.75 Å². The molecular weight excluding hydrogens is 272 g/mol. The second-order valence-corrected chi connectivity index (χ2v) is 7.31. The van der Waals surface area contributed by atoms with E-state index < -0.39 is 10.0 Å². The van der Waals surface area contributed by atoms with Crippen LogP contribution in [0.4, 0.5) is 11.4 Å². The maximum absolute atomic E-state index is 11.5. The number of hydrogen-bond donors (Lipinski definition) is 1. The maximum atomic E-state index is 11.5.